The predicted molar refractivity (Wildman–Crippen MR) is 85.9 cm³/mol. The Bertz CT molecular complexity index is 443. The predicted octanol–water partition coefficient (Wildman–Crippen LogP) is 1.94. The molecule has 1 aromatic heterocycles. The van der Waals surface area contributed by atoms with E-state index in [2.05, 4.69) is 47.9 Å². The number of hydrogen-bond acceptors (Lipinski definition) is 4. The average molecular weight is 294 g/mol. The molecule has 21 heavy (non-hydrogen) atoms. The molecule has 3 unspecified atom stereocenters. The second-order valence-electron chi connectivity index (χ2n) is 6.33. The van der Waals surface area contributed by atoms with Gasteiger partial charge in [-0.15, -0.1) is 0 Å². The maximum atomic E-state index is 5.57. The first kappa shape index (κ1) is 16.3. The molecule has 1 N–H and O–H groups in total. The molecule has 1 aliphatic rings. The fraction of sp³-hybridized carbons (Fsp3) is 0.812. The maximum absolute atomic E-state index is 5.57. The van der Waals surface area contributed by atoms with E-state index in [4.69, 9.17) is 4.74 Å². The number of aromatic nitrogens is 2. The summed E-state index contributed by atoms with van der Waals surface area (Å²) in [4.78, 5) is 2.19. The van der Waals surface area contributed by atoms with Gasteiger partial charge in [0.2, 0.25) is 0 Å². The molecule has 120 valence electrons. The SMILES string of the molecule is CCNC1CCC(c2c(OC)cnn2CCN(C)C)C1C. The largest absolute Gasteiger partial charge is 0.493 e. The molecule has 0 amide bonds. The van der Waals surface area contributed by atoms with Crippen molar-refractivity contribution in [2.75, 3.05) is 34.3 Å². The van der Waals surface area contributed by atoms with Crippen molar-refractivity contribution in [2.24, 2.45) is 5.92 Å². The van der Waals surface area contributed by atoms with E-state index in [1.807, 2.05) is 6.20 Å². The molecular formula is C16H30N4O. The average Bonchev–Trinajstić information content (AvgIpc) is 3.01. The molecule has 1 fully saturated rings. The molecule has 0 spiro atoms. The molecule has 0 saturated heterocycles. The minimum Gasteiger partial charge on any atom is -0.493 e. The fourth-order valence-corrected chi connectivity index (χ4v) is 3.48. The molecule has 5 nitrogen and oxygen atoms in total. The van der Waals surface area contributed by atoms with E-state index in [-0.39, 0.29) is 0 Å². The van der Waals surface area contributed by atoms with Gasteiger partial charge < -0.3 is 15.0 Å². The minimum absolute atomic E-state index is 0.536. The normalized spacial score (nSPS) is 25.7. The van der Waals surface area contributed by atoms with Gasteiger partial charge in [0, 0.05) is 18.5 Å². The van der Waals surface area contributed by atoms with Crippen molar-refractivity contribution in [3.8, 4) is 5.75 Å². The Balaban J connectivity index is 2.19. The third-order valence-corrected chi connectivity index (χ3v) is 4.70. The van der Waals surface area contributed by atoms with Crippen LogP contribution in [0.5, 0.6) is 5.75 Å². The van der Waals surface area contributed by atoms with Crippen LogP contribution in [-0.2, 0) is 6.54 Å². The van der Waals surface area contributed by atoms with Crippen molar-refractivity contribution < 1.29 is 4.74 Å². The number of hydrogen-bond donors (Lipinski definition) is 1. The standard InChI is InChI=1S/C16H30N4O/c1-6-17-14-8-7-13(12(14)2)16-15(21-5)11-18-20(16)10-9-19(3)4/h11-14,17H,6-10H2,1-5H3. The summed E-state index contributed by atoms with van der Waals surface area (Å²) in [7, 11) is 5.94. The molecule has 1 aliphatic carbocycles. The lowest BCUT2D eigenvalue weighted by Gasteiger charge is -2.23. The molecule has 0 aromatic carbocycles. The van der Waals surface area contributed by atoms with Crippen LogP contribution >= 0.6 is 0 Å². The monoisotopic (exact) mass is 294 g/mol. The Morgan fingerprint density at radius 3 is 2.81 bits per heavy atom. The van der Waals surface area contributed by atoms with Crippen LogP contribution < -0.4 is 10.1 Å². The van der Waals surface area contributed by atoms with Crippen LogP contribution in [0.2, 0.25) is 0 Å². The Morgan fingerprint density at radius 1 is 1.43 bits per heavy atom. The van der Waals surface area contributed by atoms with Gasteiger partial charge in [-0.1, -0.05) is 13.8 Å². The topological polar surface area (TPSA) is 42.3 Å². The number of nitrogens with one attached hydrogen (secondary N) is 1. The van der Waals surface area contributed by atoms with E-state index >= 15 is 0 Å². The summed E-state index contributed by atoms with van der Waals surface area (Å²) in [6.45, 7) is 7.49. The zero-order valence-electron chi connectivity index (χ0n) is 14.1. The highest BCUT2D eigenvalue weighted by Crippen LogP contribution is 2.42. The third kappa shape index (κ3) is 3.58. The van der Waals surface area contributed by atoms with Crippen molar-refractivity contribution in [1.82, 2.24) is 20.0 Å². The zero-order valence-corrected chi connectivity index (χ0v) is 14.1. The highest BCUT2D eigenvalue weighted by molar-refractivity contribution is 5.30. The van der Waals surface area contributed by atoms with E-state index in [1.165, 1.54) is 18.5 Å². The molecule has 0 radical (unpaired) electrons. The van der Waals surface area contributed by atoms with Crippen molar-refractivity contribution in [3.05, 3.63) is 11.9 Å². The first-order chi connectivity index (χ1) is 10.1. The van der Waals surface area contributed by atoms with E-state index in [9.17, 15) is 0 Å². The molecule has 1 aromatic rings. The van der Waals surface area contributed by atoms with Gasteiger partial charge in [0.25, 0.3) is 0 Å². The van der Waals surface area contributed by atoms with Gasteiger partial charge >= 0.3 is 0 Å². The second-order valence-corrected chi connectivity index (χ2v) is 6.33. The van der Waals surface area contributed by atoms with E-state index in [0.29, 0.717) is 17.9 Å². The summed E-state index contributed by atoms with van der Waals surface area (Å²) >= 11 is 0. The van der Waals surface area contributed by atoms with Crippen LogP contribution in [0.25, 0.3) is 0 Å². The number of methoxy groups -OCH3 is 1. The van der Waals surface area contributed by atoms with Gasteiger partial charge in [-0.05, 0) is 39.4 Å². The van der Waals surface area contributed by atoms with Crippen molar-refractivity contribution in [3.63, 3.8) is 0 Å². The number of rotatable bonds is 7. The third-order valence-electron chi connectivity index (χ3n) is 4.70. The quantitative estimate of drug-likeness (QED) is 0.834. The molecule has 5 heteroatoms. The number of likely N-dealkylation sites (N-methyl/N-ethyl adjacent to an activating group) is 1. The lowest BCUT2D eigenvalue weighted by Crippen LogP contribution is -2.32. The summed E-state index contributed by atoms with van der Waals surface area (Å²) in [5.41, 5.74) is 1.28. The minimum atomic E-state index is 0.536. The molecule has 1 heterocycles. The van der Waals surface area contributed by atoms with Gasteiger partial charge in [0.05, 0.1) is 25.5 Å². The summed E-state index contributed by atoms with van der Waals surface area (Å²) in [6, 6.07) is 0.613. The number of nitrogens with zero attached hydrogens (tertiary/aromatic N) is 3. The van der Waals surface area contributed by atoms with Gasteiger partial charge in [0.1, 0.15) is 0 Å². The second kappa shape index (κ2) is 7.27. The van der Waals surface area contributed by atoms with E-state index < -0.39 is 0 Å². The van der Waals surface area contributed by atoms with Crippen molar-refractivity contribution in [2.45, 2.75) is 45.2 Å². The van der Waals surface area contributed by atoms with Gasteiger partial charge in [-0.3, -0.25) is 4.68 Å². The lowest BCUT2D eigenvalue weighted by molar-refractivity contribution is 0.346. The smallest absolute Gasteiger partial charge is 0.160 e. The summed E-state index contributed by atoms with van der Waals surface area (Å²) in [6.07, 6.45) is 4.32. The molecule has 1 saturated carbocycles. The highest BCUT2D eigenvalue weighted by Gasteiger charge is 2.36. The Morgan fingerprint density at radius 2 is 2.19 bits per heavy atom. The molecule has 2 rings (SSSR count). The molecule has 0 aliphatic heterocycles. The maximum Gasteiger partial charge on any atom is 0.160 e. The van der Waals surface area contributed by atoms with E-state index in [0.717, 1.165) is 25.4 Å². The van der Waals surface area contributed by atoms with Crippen LogP contribution in [0.1, 0.15) is 38.3 Å². The van der Waals surface area contributed by atoms with Gasteiger partial charge in [-0.2, -0.15) is 5.10 Å². The van der Waals surface area contributed by atoms with Crippen LogP contribution in [0.4, 0.5) is 0 Å². The highest BCUT2D eigenvalue weighted by atomic mass is 16.5. The van der Waals surface area contributed by atoms with Crippen molar-refractivity contribution in [1.29, 1.82) is 0 Å². The summed E-state index contributed by atoms with van der Waals surface area (Å²) in [5, 5.41) is 8.17. The fourth-order valence-electron chi connectivity index (χ4n) is 3.48. The van der Waals surface area contributed by atoms with Crippen LogP contribution in [-0.4, -0.2) is 55.0 Å². The van der Waals surface area contributed by atoms with E-state index in [1.54, 1.807) is 7.11 Å². The van der Waals surface area contributed by atoms with Crippen LogP contribution in [0, 0.1) is 5.92 Å². The molecular weight excluding hydrogens is 264 g/mol. The first-order valence-corrected chi connectivity index (χ1v) is 8.06. The zero-order chi connectivity index (χ0) is 15.4. The first-order valence-electron chi connectivity index (χ1n) is 8.06. The Labute approximate surface area is 128 Å². The number of ether oxygens (including phenoxy) is 1. The Kier molecular flexibility index (Phi) is 5.65. The summed E-state index contributed by atoms with van der Waals surface area (Å²) < 4.78 is 7.72. The molecule has 0 bridgehead atoms. The Hall–Kier alpha value is -1.07. The van der Waals surface area contributed by atoms with Crippen LogP contribution in [0.3, 0.4) is 0 Å². The molecule has 3 atom stereocenters. The van der Waals surface area contributed by atoms with Gasteiger partial charge in [-0.25, -0.2) is 0 Å². The van der Waals surface area contributed by atoms with Crippen LogP contribution in [0.15, 0.2) is 6.20 Å². The van der Waals surface area contributed by atoms with Crippen molar-refractivity contribution >= 4 is 0 Å². The lowest BCUT2D eigenvalue weighted by atomic mass is 9.92. The summed E-state index contributed by atoms with van der Waals surface area (Å²) in [5.74, 6) is 2.10. The van der Waals surface area contributed by atoms with Gasteiger partial charge in [0.15, 0.2) is 5.75 Å².